The minimum Gasteiger partial charge on any atom is -0.349 e. The van der Waals surface area contributed by atoms with Crippen molar-refractivity contribution in [3.63, 3.8) is 0 Å². The summed E-state index contributed by atoms with van der Waals surface area (Å²) in [5, 5.41) is 7.67. The van der Waals surface area contributed by atoms with Gasteiger partial charge in [0.15, 0.2) is 0 Å². The maximum Gasteiger partial charge on any atom is 0.225 e. The summed E-state index contributed by atoms with van der Waals surface area (Å²) in [6, 6.07) is 10.2. The number of carbonyl (C=O) groups excluding carboxylic acids is 1. The number of nitrogens with two attached hydrogens (primary N) is 1. The van der Waals surface area contributed by atoms with Gasteiger partial charge in [-0.3, -0.25) is 4.79 Å². The van der Waals surface area contributed by atoms with Crippen LogP contribution < -0.4 is 11.1 Å². The predicted molar refractivity (Wildman–Crippen MR) is 119 cm³/mol. The molecule has 1 heterocycles. The third kappa shape index (κ3) is 5.28. The molecule has 0 bridgehead atoms. The van der Waals surface area contributed by atoms with Gasteiger partial charge in [0.1, 0.15) is 0 Å². The van der Waals surface area contributed by atoms with Crippen molar-refractivity contribution in [3.8, 4) is 5.69 Å². The molecule has 2 aromatic rings. The molecule has 0 spiro atoms. The van der Waals surface area contributed by atoms with Gasteiger partial charge in [0.25, 0.3) is 0 Å². The zero-order chi connectivity index (χ0) is 18.9. The van der Waals surface area contributed by atoms with Gasteiger partial charge in [-0.2, -0.15) is 5.10 Å². The maximum absolute atomic E-state index is 12.7. The van der Waals surface area contributed by atoms with E-state index in [2.05, 4.69) is 28.6 Å². The molecule has 1 amide bonds. The van der Waals surface area contributed by atoms with Gasteiger partial charge < -0.3 is 11.1 Å². The first kappa shape index (κ1) is 24.5. The van der Waals surface area contributed by atoms with Crippen molar-refractivity contribution in [2.75, 3.05) is 0 Å². The number of nitrogens with zero attached hydrogens (tertiary/aromatic N) is 2. The zero-order valence-corrected chi connectivity index (χ0v) is 18.7. The number of hydrogen-bond donors (Lipinski definition) is 2. The summed E-state index contributed by atoms with van der Waals surface area (Å²) in [6.45, 7) is 8.06. The van der Waals surface area contributed by atoms with Crippen LogP contribution in [0.3, 0.4) is 0 Å². The van der Waals surface area contributed by atoms with Crippen molar-refractivity contribution in [2.24, 2.45) is 11.7 Å². The number of rotatable bonds is 4. The molecular weight excluding hydrogens is 395 g/mol. The molecule has 5 nitrogen and oxygen atoms in total. The van der Waals surface area contributed by atoms with E-state index in [-0.39, 0.29) is 42.7 Å². The summed E-state index contributed by atoms with van der Waals surface area (Å²) in [4.78, 5) is 12.7. The van der Waals surface area contributed by atoms with Gasteiger partial charge in [0.05, 0.1) is 23.3 Å². The summed E-state index contributed by atoms with van der Waals surface area (Å²) >= 11 is 0. The first-order valence-corrected chi connectivity index (χ1v) is 9.51. The normalized spacial score (nSPS) is 22.5. The second-order valence-corrected chi connectivity index (χ2v) is 7.96. The molecule has 1 fully saturated rings. The number of carbonyl (C=O) groups is 1. The van der Waals surface area contributed by atoms with Crippen molar-refractivity contribution in [1.29, 1.82) is 0 Å². The Labute approximate surface area is 180 Å². The molecule has 3 rings (SSSR count). The summed E-state index contributed by atoms with van der Waals surface area (Å²) < 4.78 is 1.93. The Balaban J connectivity index is 0.00000196. The number of aromatic nitrogens is 2. The molecule has 156 valence electrons. The molecule has 0 radical (unpaired) electrons. The van der Waals surface area contributed by atoms with E-state index in [4.69, 9.17) is 5.73 Å². The summed E-state index contributed by atoms with van der Waals surface area (Å²) in [6.07, 6.45) is 3.98. The van der Waals surface area contributed by atoms with E-state index < -0.39 is 5.54 Å². The Kier molecular flexibility index (Phi) is 8.54. The third-order valence-corrected chi connectivity index (χ3v) is 5.58. The van der Waals surface area contributed by atoms with E-state index in [1.54, 1.807) is 0 Å². The van der Waals surface area contributed by atoms with Crippen LogP contribution in [0.4, 0.5) is 0 Å². The second kappa shape index (κ2) is 9.77. The van der Waals surface area contributed by atoms with Gasteiger partial charge >= 0.3 is 0 Å². The van der Waals surface area contributed by atoms with E-state index in [1.807, 2.05) is 44.5 Å². The summed E-state index contributed by atoms with van der Waals surface area (Å²) in [5.74, 6) is -0.0301. The van der Waals surface area contributed by atoms with E-state index in [1.165, 1.54) is 0 Å². The minimum absolute atomic E-state index is 0. The highest BCUT2D eigenvalue weighted by atomic mass is 35.5. The van der Waals surface area contributed by atoms with E-state index in [0.29, 0.717) is 0 Å². The molecule has 1 aliphatic carbocycles. The van der Waals surface area contributed by atoms with Crippen molar-refractivity contribution in [3.05, 3.63) is 47.3 Å². The fourth-order valence-corrected chi connectivity index (χ4v) is 3.98. The number of amides is 1. The fourth-order valence-electron chi connectivity index (χ4n) is 3.98. The lowest BCUT2D eigenvalue weighted by Crippen LogP contribution is -2.53. The van der Waals surface area contributed by atoms with Gasteiger partial charge in [-0.25, -0.2) is 4.68 Å². The van der Waals surface area contributed by atoms with Crippen LogP contribution >= 0.6 is 24.8 Å². The zero-order valence-electron chi connectivity index (χ0n) is 17.1. The Bertz CT molecular complexity index is 786. The molecule has 1 aromatic carbocycles. The molecule has 3 N–H and O–H groups in total. The lowest BCUT2D eigenvalue weighted by atomic mass is 9.74. The van der Waals surface area contributed by atoms with Crippen LogP contribution in [-0.2, 0) is 4.79 Å². The lowest BCUT2D eigenvalue weighted by Gasteiger charge is -2.37. The van der Waals surface area contributed by atoms with Gasteiger partial charge in [0.2, 0.25) is 5.91 Å². The molecule has 1 saturated carbocycles. The highest BCUT2D eigenvalue weighted by Crippen LogP contribution is 2.32. The second-order valence-electron chi connectivity index (χ2n) is 7.96. The van der Waals surface area contributed by atoms with Gasteiger partial charge in [-0.15, -0.1) is 24.8 Å². The lowest BCUT2D eigenvalue weighted by molar-refractivity contribution is -0.128. The largest absolute Gasteiger partial charge is 0.349 e. The predicted octanol–water partition coefficient (Wildman–Crippen LogP) is 4.42. The van der Waals surface area contributed by atoms with E-state index >= 15 is 0 Å². The number of nitrogens with one attached hydrogen (secondary N) is 1. The van der Waals surface area contributed by atoms with Gasteiger partial charge in [0, 0.05) is 11.2 Å². The average Bonchev–Trinajstić information content (AvgIpc) is 2.92. The van der Waals surface area contributed by atoms with Crippen LogP contribution in [0.2, 0.25) is 0 Å². The maximum atomic E-state index is 12.7. The minimum atomic E-state index is -0.401. The first-order valence-electron chi connectivity index (χ1n) is 9.51. The van der Waals surface area contributed by atoms with Crippen molar-refractivity contribution in [1.82, 2.24) is 15.1 Å². The highest BCUT2D eigenvalue weighted by Gasteiger charge is 2.38. The van der Waals surface area contributed by atoms with Gasteiger partial charge in [-0.05, 0) is 64.3 Å². The van der Waals surface area contributed by atoms with Crippen LogP contribution in [0, 0.1) is 19.8 Å². The SMILES string of the molecule is Cc1cc(C)n(-c2ccc(C(C)NC(=O)C3CCCCC3(C)N)cc2)n1.Cl.Cl. The fraction of sp³-hybridized carbons (Fsp3) is 0.524. The van der Waals surface area contributed by atoms with Crippen molar-refractivity contribution >= 4 is 30.7 Å². The number of hydrogen-bond acceptors (Lipinski definition) is 3. The highest BCUT2D eigenvalue weighted by molar-refractivity contribution is 5.85. The molecule has 7 heteroatoms. The molecule has 28 heavy (non-hydrogen) atoms. The van der Waals surface area contributed by atoms with Crippen molar-refractivity contribution < 1.29 is 4.79 Å². The monoisotopic (exact) mass is 426 g/mol. The smallest absolute Gasteiger partial charge is 0.225 e. The summed E-state index contributed by atoms with van der Waals surface area (Å²) in [5.41, 5.74) is 10.2. The topological polar surface area (TPSA) is 72.9 Å². The number of aryl methyl sites for hydroxylation is 2. The Morgan fingerprint density at radius 2 is 1.89 bits per heavy atom. The van der Waals surface area contributed by atoms with Crippen LogP contribution in [0.15, 0.2) is 30.3 Å². The molecule has 0 saturated heterocycles. The molecule has 3 unspecified atom stereocenters. The van der Waals surface area contributed by atoms with Crippen molar-refractivity contribution in [2.45, 2.75) is 65.0 Å². The molecule has 1 aromatic heterocycles. The van der Waals surface area contributed by atoms with E-state index in [0.717, 1.165) is 48.3 Å². The standard InChI is InChI=1S/C21H30N4O.2ClH/c1-14-13-15(2)25(24-14)18-10-8-17(9-11-18)16(3)23-20(26)19-7-5-6-12-21(19,4)22;;/h8-11,13,16,19H,5-7,12,22H2,1-4H3,(H,23,26);2*1H. The number of benzene rings is 1. The van der Waals surface area contributed by atoms with Gasteiger partial charge in [-0.1, -0.05) is 25.0 Å². The number of halogens is 2. The Hall–Kier alpha value is -1.56. The molecule has 1 aliphatic rings. The quantitative estimate of drug-likeness (QED) is 0.759. The first-order chi connectivity index (χ1) is 12.3. The third-order valence-electron chi connectivity index (χ3n) is 5.58. The average molecular weight is 427 g/mol. The van der Waals surface area contributed by atoms with Crippen LogP contribution in [-0.4, -0.2) is 21.2 Å². The molecular formula is C21H32Cl2N4O. The van der Waals surface area contributed by atoms with Crippen LogP contribution in [0.1, 0.15) is 62.5 Å². The Morgan fingerprint density at radius 3 is 2.43 bits per heavy atom. The molecule has 0 aliphatic heterocycles. The summed E-state index contributed by atoms with van der Waals surface area (Å²) in [7, 11) is 0. The molecule has 3 atom stereocenters. The van der Waals surface area contributed by atoms with E-state index in [9.17, 15) is 4.79 Å². The van der Waals surface area contributed by atoms with Crippen LogP contribution in [0.25, 0.3) is 5.69 Å². The Morgan fingerprint density at radius 1 is 1.25 bits per heavy atom. The van der Waals surface area contributed by atoms with Crippen LogP contribution in [0.5, 0.6) is 0 Å².